The maximum atomic E-state index is 13.1. The highest BCUT2D eigenvalue weighted by Crippen LogP contribution is 2.20. The number of hydrogen-bond acceptors (Lipinski definition) is 6. The minimum Gasteiger partial charge on any atom is -0.345 e. The van der Waals surface area contributed by atoms with Crippen LogP contribution in [-0.2, 0) is 17.6 Å². The smallest absolute Gasteiger partial charge is 0.253 e. The van der Waals surface area contributed by atoms with Gasteiger partial charge in [0.15, 0.2) is 0 Å². The first kappa shape index (κ1) is 24.8. The Morgan fingerprint density at radius 1 is 1.14 bits per heavy atom. The first-order chi connectivity index (χ1) is 16.9. The van der Waals surface area contributed by atoms with Crippen molar-refractivity contribution in [1.82, 2.24) is 34.7 Å². The lowest BCUT2D eigenvalue weighted by atomic mass is 10.1. The molecule has 1 amide bonds. The van der Waals surface area contributed by atoms with Gasteiger partial charge in [-0.1, -0.05) is 18.2 Å². The van der Waals surface area contributed by atoms with Crippen LogP contribution in [-0.4, -0.2) is 60.4 Å². The summed E-state index contributed by atoms with van der Waals surface area (Å²) in [7, 11) is 1.85. The maximum absolute atomic E-state index is 13.1. The number of benzene rings is 1. The summed E-state index contributed by atoms with van der Waals surface area (Å²) in [6, 6.07) is 8.35. The number of rotatable bonds is 10. The van der Waals surface area contributed by atoms with Gasteiger partial charge >= 0.3 is 0 Å². The van der Waals surface area contributed by atoms with Gasteiger partial charge in [-0.3, -0.25) is 9.89 Å². The van der Waals surface area contributed by atoms with Crippen LogP contribution in [0.4, 0.5) is 4.39 Å². The number of halogens is 1. The van der Waals surface area contributed by atoms with E-state index in [1.165, 1.54) is 23.9 Å². The molecule has 0 saturated carbocycles. The van der Waals surface area contributed by atoms with E-state index in [-0.39, 0.29) is 11.7 Å². The van der Waals surface area contributed by atoms with Gasteiger partial charge in [-0.05, 0) is 69.7 Å². The van der Waals surface area contributed by atoms with Gasteiger partial charge in [0.25, 0.3) is 5.78 Å². The summed E-state index contributed by atoms with van der Waals surface area (Å²) in [5.41, 5.74) is 5.39. The molecule has 0 atom stereocenters. The standard InChI is InChI=1S/C25H30FN7OS/c1-16-21(17(2)33-24(27-16)28-25(31-33)35-4)15-23(34)32(3)13-7-5-6-8-20-14-22(30-29-20)18-9-11-19(26)12-10-18/h9-12,14H,5-8,13,15H2,1-4H3,(H,29,30). The molecule has 4 aromatic rings. The van der Waals surface area contributed by atoms with E-state index >= 15 is 0 Å². The van der Waals surface area contributed by atoms with Crippen molar-refractivity contribution in [2.24, 2.45) is 0 Å². The van der Waals surface area contributed by atoms with Gasteiger partial charge < -0.3 is 4.90 Å². The number of unbranched alkanes of at least 4 members (excludes halogenated alkanes) is 2. The Bertz CT molecular complexity index is 1320. The van der Waals surface area contributed by atoms with Crippen LogP contribution in [0.1, 0.15) is 41.9 Å². The van der Waals surface area contributed by atoms with Crippen LogP contribution in [0.15, 0.2) is 35.5 Å². The largest absolute Gasteiger partial charge is 0.345 e. The minimum absolute atomic E-state index is 0.0695. The van der Waals surface area contributed by atoms with Gasteiger partial charge in [0.2, 0.25) is 11.1 Å². The summed E-state index contributed by atoms with van der Waals surface area (Å²) in [5.74, 6) is 0.381. The molecule has 8 nitrogen and oxygen atoms in total. The molecule has 0 radical (unpaired) electrons. The van der Waals surface area contributed by atoms with Crippen LogP contribution in [0.2, 0.25) is 0 Å². The maximum Gasteiger partial charge on any atom is 0.253 e. The first-order valence-electron chi connectivity index (χ1n) is 11.7. The lowest BCUT2D eigenvalue weighted by molar-refractivity contribution is -0.129. The summed E-state index contributed by atoms with van der Waals surface area (Å²) in [6.45, 7) is 4.58. The molecule has 184 valence electrons. The highest BCUT2D eigenvalue weighted by Gasteiger charge is 2.18. The Hall–Kier alpha value is -3.27. The molecular weight excluding hydrogens is 465 g/mol. The molecule has 0 unspecified atom stereocenters. The lowest BCUT2D eigenvalue weighted by Gasteiger charge is -2.18. The van der Waals surface area contributed by atoms with E-state index in [4.69, 9.17) is 0 Å². The van der Waals surface area contributed by atoms with Crippen molar-refractivity contribution in [3.05, 3.63) is 58.8 Å². The number of amides is 1. The fourth-order valence-electron chi connectivity index (χ4n) is 4.04. The highest BCUT2D eigenvalue weighted by molar-refractivity contribution is 7.98. The molecule has 0 fully saturated rings. The van der Waals surface area contributed by atoms with Crippen molar-refractivity contribution in [3.63, 3.8) is 0 Å². The van der Waals surface area contributed by atoms with E-state index in [1.54, 1.807) is 21.5 Å². The zero-order valence-corrected chi connectivity index (χ0v) is 21.3. The van der Waals surface area contributed by atoms with Crippen molar-refractivity contribution < 1.29 is 9.18 Å². The zero-order valence-electron chi connectivity index (χ0n) is 20.5. The molecule has 3 aromatic heterocycles. The van der Waals surface area contributed by atoms with Crippen molar-refractivity contribution in [2.45, 2.75) is 51.1 Å². The average Bonchev–Trinajstić information content (AvgIpc) is 3.49. The predicted molar refractivity (Wildman–Crippen MR) is 135 cm³/mol. The molecule has 0 bridgehead atoms. The number of fused-ring (bicyclic) bond motifs is 1. The summed E-state index contributed by atoms with van der Waals surface area (Å²) < 4.78 is 14.8. The Morgan fingerprint density at radius 2 is 1.91 bits per heavy atom. The third-order valence-corrected chi connectivity index (χ3v) is 6.71. The number of H-pyrrole nitrogens is 1. The second-order valence-corrected chi connectivity index (χ2v) is 9.43. The SMILES string of the molecule is CSc1nc2nc(C)c(CC(=O)N(C)CCCCCc3cc(-c4ccc(F)cc4)n[nH]3)c(C)n2n1. The molecule has 1 aromatic carbocycles. The average molecular weight is 496 g/mol. The summed E-state index contributed by atoms with van der Waals surface area (Å²) in [5, 5.41) is 12.5. The number of aromatic nitrogens is 6. The normalized spacial score (nSPS) is 11.3. The number of hydrogen-bond donors (Lipinski definition) is 1. The van der Waals surface area contributed by atoms with E-state index in [9.17, 15) is 9.18 Å². The van der Waals surface area contributed by atoms with Crippen molar-refractivity contribution in [1.29, 1.82) is 0 Å². The lowest BCUT2D eigenvalue weighted by Crippen LogP contribution is -2.30. The fraction of sp³-hybridized carbons (Fsp3) is 0.400. The van der Waals surface area contributed by atoms with Gasteiger partial charge in [-0.2, -0.15) is 10.1 Å². The van der Waals surface area contributed by atoms with Gasteiger partial charge in [-0.15, -0.1) is 5.10 Å². The number of carbonyl (C=O) groups excluding carboxylic acids is 1. The van der Waals surface area contributed by atoms with Crippen molar-refractivity contribution >= 4 is 23.4 Å². The first-order valence-corrected chi connectivity index (χ1v) is 12.9. The number of carbonyl (C=O) groups is 1. The highest BCUT2D eigenvalue weighted by atomic mass is 32.2. The molecular formula is C25H30FN7OS. The van der Waals surface area contributed by atoms with E-state index < -0.39 is 0 Å². The van der Waals surface area contributed by atoms with Gasteiger partial charge in [0, 0.05) is 41.8 Å². The molecule has 0 aliphatic heterocycles. The molecule has 3 heterocycles. The molecule has 0 saturated heterocycles. The monoisotopic (exact) mass is 495 g/mol. The Kier molecular flexibility index (Phi) is 7.80. The number of likely N-dealkylation sites (N-methyl/N-ethyl adjacent to an activating group) is 1. The fourth-order valence-corrected chi connectivity index (χ4v) is 4.38. The number of thioether (sulfide) groups is 1. The van der Waals surface area contributed by atoms with Crippen molar-refractivity contribution in [2.75, 3.05) is 19.8 Å². The molecule has 35 heavy (non-hydrogen) atoms. The Morgan fingerprint density at radius 3 is 2.66 bits per heavy atom. The second kappa shape index (κ2) is 11.0. The van der Waals surface area contributed by atoms with E-state index in [0.29, 0.717) is 23.9 Å². The summed E-state index contributed by atoms with van der Waals surface area (Å²) in [6.07, 6.45) is 6.03. The van der Waals surface area contributed by atoms with Crippen LogP contribution >= 0.6 is 11.8 Å². The minimum atomic E-state index is -0.254. The number of nitrogens with one attached hydrogen (secondary N) is 1. The molecule has 10 heteroatoms. The van der Waals surface area contributed by atoms with Crippen LogP contribution in [0, 0.1) is 19.7 Å². The molecule has 1 N–H and O–H groups in total. The van der Waals surface area contributed by atoms with Crippen LogP contribution in [0.25, 0.3) is 17.0 Å². The van der Waals surface area contributed by atoms with E-state index in [0.717, 1.165) is 59.6 Å². The van der Waals surface area contributed by atoms with Gasteiger partial charge in [0.1, 0.15) is 5.82 Å². The van der Waals surface area contributed by atoms with Crippen LogP contribution < -0.4 is 0 Å². The van der Waals surface area contributed by atoms with Gasteiger partial charge in [-0.25, -0.2) is 13.9 Å². The molecule has 0 aliphatic carbocycles. The summed E-state index contributed by atoms with van der Waals surface area (Å²) in [4.78, 5) is 23.6. The number of aryl methyl sites for hydroxylation is 3. The van der Waals surface area contributed by atoms with Crippen LogP contribution in [0.3, 0.4) is 0 Å². The predicted octanol–water partition coefficient (Wildman–Crippen LogP) is 4.41. The van der Waals surface area contributed by atoms with Crippen molar-refractivity contribution in [3.8, 4) is 11.3 Å². The summed E-state index contributed by atoms with van der Waals surface area (Å²) >= 11 is 1.47. The zero-order chi connectivity index (χ0) is 24.9. The van der Waals surface area contributed by atoms with E-state index in [1.807, 2.05) is 33.2 Å². The number of nitrogens with zero attached hydrogens (tertiary/aromatic N) is 6. The molecule has 0 spiro atoms. The number of aromatic amines is 1. The molecule has 0 aliphatic rings. The Labute approximate surface area is 208 Å². The molecule has 4 rings (SSSR count). The van der Waals surface area contributed by atoms with Gasteiger partial charge in [0.05, 0.1) is 12.1 Å². The third kappa shape index (κ3) is 5.87. The third-order valence-electron chi connectivity index (χ3n) is 6.18. The van der Waals surface area contributed by atoms with E-state index in [2.05, 4.69) is 25.3 Å². The topological polar surface area (TPSA) is 92.1 Å². The van der Waals surface area contributed by atoms with Crippen LogP contribution in [0.5, 0.6) is 0 Å². The Balaban J connectivity index is 1.24. The quantitative estimate of drug-likeness (QED) is 0.259. The second-order valence-electron chi connectivity index (χ2n) is 8.66.